The van der Waals surface area contributed by atoms with Gasteiger partial charge in [0.05, 0.1) is 5.92 Å². The van der Waals surface area contributed by atoms with Gasteiger partial charge in [-0.15, -0.1) is 0 Å². The van der Waals surface area contributed by atoms with Crippen molar-refractivity contribution >= 4 is 5.97 Å². The topological polar surface area (TPSA) is 46.5 Å². The van der Waals surface area contributed by atoms with Gasteiger partial charge in [0.15, 0.2) is 6.29 Å². The maximum Gasteiger partial charge on any atom is 0.311 e. The fourth-order valence-corrected chi connectivity index (χ4v) is 1.60. The van der Waals surface area contributed by atoms with E-state index in [4.69, 9.17) is 9.84 Å². The molecule has 1 rings (SSSR count). The Morgan fingerprint density at radius 2 is 2.00 bits per heavy atom. The molecule has 0 amide bonds. The van der Waals surface area contributed by atoms with Gasteiger partial charge in [-0.1, -0.05) is 19.3 Å². The zero-order chi connectivity index (χ0) is 8.97. The second-order valence-electron chi connectivity index (χ2n) is 3.37. The largest absolute Gasteiger partial charge is 0.436 e. The van der Waals surface area contributed by atoms with Crippen molar-refractivity contribution < 1.29 is 14.6 Å². The van der Waals surface area contributed by atoms with Crippen molar-refractivity contribution in [2.45, 2.75) is 45.3 Å². The minimum Gasteiger partial charge on any atom is -0.436 e. The van der Waals surface area contributed by atoms with Gasteiger partial charge in [0, 0.05) is 0 Å². The number of esters is 1. The van der Waals surface area contributed by atoms with Crippen LogP contribution in [-0.2, 0) is 9.53 Å². The van der Waals surface area contributed by atoms with Gasteiger partial charge >= 0.3 is 5.97 Å². The van der Waals surface area contributed by atoms with Crippen molar-refractivity contribution in [2.75, 3.05) is 0 Å². The lowest BCUT2D eigenvalue weighted by molar-refractivity contribution is -0.170. The summed E-state index contributed by atoms with van der Waals surface area (Å²) in [5.41, 5.74) is 0. The Morgan fingerprint density at radius 1 is 1.42 bits per heavy atom. The molecule has 1 unspecified atom stereocenters. The highest BCUT2D eigenvalue weighted by Crippen LogP contribution is 2.24. The summed E-state index contributed by atoms with van der Waals surface area (Å²) in [5, 5.41) is 8.81. The van der Waals surface area contributed by atoms with E-state index in [1.165, 1.54) is 13.3 Å². The van der Waals surface area contributed by atoms with Gasteiger partial charge in [0.1, 0.15) is 0 Å². The van der Waals surface area contributed by atoms with E-state index in [2.05, 4.69) is 0 Å². The zero-order valence-electron chi connectivity index (χ0n) is 7.45. The van der Waals surface area contributed by atoms with Gasteiger partial charge in [0.2, 0.25) is 0 Å². The van der Waals surface area contributed by atoms with E-state index in [9.17, 15) is 4.79 Å². The normalized spacial score (nSPS) is 21.8. The van der Waals surface area contributed by atoms with E-state index in [1.807, 2.05) is 0 Å². The smallest absolute Gasteiger partial charge is 0.311 e. The van der Waals surface area contributed by atoms with Gasteiger partial charge < -0.3 is 9.84 Å². The Kier molecular flexibility index (Phi) is 3.53. The summed E-state index contributed by atoms with van der Waals surface area (Å²) in [6, 6.07) is 0. The lowest BCUT2D eigenvalue weighted by Gasteiger charge is -2.20. The third kappa shape index (κ3) is 2.81. The van der Waals surface area contributed by atoms with Crippen molar-refractivity contribution in [1.29, 1.82) is 0 Å². The van der Waals surface area contributed by atoms with Gasteiger partial charge in [-0.2, -0.15) is 0 Å². The van der Waals surface area contributed by atoms with Crippen molar-refractivity contribution in [2.24, 2.45) is 5.92 Å². The molecule has 3 nitrogen and oxygen atoms in total. The molecule has 0 bridgehead atoms. The molecule has 0 aliphatic heterocycles. The summed E-state index contributed by atoms with van der Waals surface area (Å²) < 4.78 is 4.71. The molecule has 70 valence electrons. The van der Waals surface area contributed by atoms with E-state index in [0.29, 0.717) is 0 Å². The summed E-state index contributed by atoms with van der Waals surface area (Å²) in [5.74, 6) is -0.196. The second kappa shape index (κ2) is 4.45. The highest BCUT2D eigenvalue weighted by molar-refractivity contribution is 5.72. The monoisotopic (exact) mass is 172 g/mol. The summed E-state index contributed by atoms with van der Waals surface area (Å²) in [6.45, 7) is 1.46. The average Bonchev–Trinajstić information content (AvgIpc) is 2.05. The van der Waals surface area contributed by atoms with E-state index in [0.717, 1.165) is 25.7 Å². The third-order valence-corrected chi connectivity index (χ3v) is 2.23. The molecule has 12 heavy (non-hydrogen) atoms. The first-order valence-electron chi connectivity index (χ1n) is 4.58. The molecule has 1 aliphatic carbocycles. The summed E-state index contributed by atoms with van der Waals surface area (Å²) in [7, 11) is 0. The lowest BCUT2D eigenvalue weighted by atomic mass is 9.89. The summed E-state index contributed by atoms with van der Waals surface area (Å²) in [4.78, 5) is 11.2. The quantitative estimate of drug-likeness (QED) is 0.506. The van der Waals surface area contributed by atoms with Crippen LogP contribution in [0.25, 0.3) is 0 Å². The molecule has 0 heterocycles. The molecule has 0 radical (unpaired) electrons. The highest BCUT2D eigenvalue weighted by Gasteiger charge is 2.23. The number of ether oxygens (including phenoxy) is 1. The van der Waals surface area contributed by atoms with Crippen molar-refractivity contribution in [3.8, 4) is 0 Å². The molecule has 1 atom stereocenters. The number of rotatable bonds is 2. The number of carbonyl (C=O) groups is 1. The van der Waals surface area contributed by atoms with Crippen LogP contribution >= 0.6 is 0 Å². The van der Waals surface area contributed by atoms with Crippen LogP contribution in [0.5, 0.6) is 0 Å². The first kappa shape index (κ1) is 9.52. The van der Waals surface area contributed by atoms with Crippen molar-refractivity contribution in [3.63, 3.8) is 0 Å². The SMILES string of the molecule is CC(O)OC(=O)C1CCCCC1. The van der Waals surface area contributed by atoms with E-state index in [1.54, 1.807) is 0 Å². The molecule has 0 aromatic heterocycles. The molecule has 1 aliphatic rings. The Bertz CT molecular complexity index is 148. The number of aliphatic hydroxyl groups excluding tert-OH is 1. The zero-order valence-corrected chi connectivity index (χ0v) is 7.45. The van der Waals surface area contributed by atoms with Crippen molar-refractivity contribution in [3.05, 3.63) is 0 Å². The van der Waals surface area contributed by atoms with Crippen LogP contribution in [-0.4, -0.2) is 17.4 Å². The van der Waals surface area contributed by atoms with Crippen LogP contribution in [0.2, 0.25) is 0 Å². The predicted octanol–water partition coefficient (Wildman–Crippen LogP) is 1.45. The molecule has 0 aromatic carbocycles. The van der Waals surface area contributed by atoms with E-state index < -0.39 is 6.29 Å². The highest BCUT2D eigenvalue weighted by atomic mass is 16.6. The number of hydrogen-bond donors (Lipinski definition) is 1. The van der Waals surface area contributed by atoms with Crippen LogP contribution in [0.15, 0.2) is 0 Å². The number of hydrogen-bond acceptors (Lipinski definition) is 3. The van der Waals surface area contributed by atoms with E-state index >= 15 is 0 Å². The Balaban J connectivity index is 2.30. The Hall–Kier alpha value is -0.570. The standard InChI is InChI=1S/C9H16O3/c1-7(10)12-9(11)8-5-3-2-4-6-8/h7-8,10H,2-6H2,1H3. The molecule has 0 saturated heterocycles. The van der Waals surface area contributed by atoms with E-state index in [-0.39, 0.29) is 11.9 Å². The Morgan fingerprint density at radius 3 is 2.50 bits per heavy atom. The van der Waals surface area contributed by atoms with Gasteiger partial charge in [0.25, 0.3) is 0 Å². The third-order valence-electron chi connectivity index (χ3n) is 2.23. The maximum absolute atomic E-state index is 11.2. The summed E-state index contributed by atoms with van der Waals surface area (Å²) >= 11 is 0. The molecular weight excluding hydrogens is 156 g/mol. The minimum atomic E-state index is -0.959. The molecule has 1 fully saturated rings. The van der Waals surface area contributed by atoms with Gasteiger partial charge in [-0.25, -0.2) is 0 Å². The number of carbonyl (C=O) groups excluding carboxylic acids is 1. The molecule has 1 N–H and O–H groups in total. The van der Waals surface area contributed by atoms with Crippen LogP contribution in [0.3, 0.4) is 0 Å². The molecule has 1 saturated carbocycles. The fraction of sp³-hybridized carbons (Fsp3) is 0.889. The fourth-order valence-electron chi connectivity index (χ4n) is 1.60. The predicted molar refractivity (Wildman–Crippen MR) is 44.3 cm³/mol. The first-order valence-corrected chi connectivity index (χ1v) is 4.58. The molecular formula is C9H16O3. The Labute approximate surface area is 72.7 Å². The summed E-state index contributed by atoms with van der Waals surface area (Å²) in [6.07, 6.45) is 4.33. The van der Waals surface area contributed by atoms with Crippen LogP contribution in [0.1, 0.15) is 39.0 Å². The average molecular weight is 172 g/mol. The number of aliphatic hydroxyl groups is 1. The second-order valence-corrected chi connectivity index (χ2v) is 3.37. The molecule has 0 spiro atoms. The van der Waals surface area contributed by atoms with Crippen LogP contribution < -0.4 is 0 Å². The maximum atomic E-state index is 11.2. The van der Waals surface area contributed by atoms with Gasteiger partial charge in [-0.05, 0) is 19.8 Å². The lowest BCUT2D eigenvalue weighted by Crippen LogP contribution is -2.24. The molecule has 3 heteroatoms. The minimum absolute atomic E-state index is 0.0355. The van der Waals surface area contributed by atoms with Crippen LogP contribution in [0, 0.1) is 5.92 Å². The van der Waals surface area contributed by atoms with Crippen LogP contribution in [0.4, 0.5) is 0 Å². The van der Waals surface area contributed by atoms with Crippen molar-refractivity contribution in [1.82, 2.24) is 0 Å². The first-order chi connectivity index (χ1) is 5.70. The van der Waals surface area contributed by atoms with Gasteiger partial charge in [-0.3, -0.25) is 4.79 Å². The molecule has 0 aromatic rings.